The van der Waals surface area contributed by atoms with E-state index >= 15 is 0 Å². The van der Waals surface area contributed by atoms with Gasteiger partial charge in [0.15, 0.2) is 0 Å². The van der Waals surface area contributed by atoms with E-state index in [-0.39, 0.29) is 6.42 Å². The van der Waals surface area contributed by atoms with Crippen LogP contribution >= 0.6 is 0 Å². The largest absolute Gasteiger partial charge is 0.469 e. The molecule has 3 atom stereocenters. The molecule has 1 aliphatic rings. The molecule has 5 nitrogen and oxygen atoms in total. The van der Waals surface area contributed by atoms with Gasteiger partial charge in [-0.05, 0) is 20.8 Å². The van der Waals surface area contributed by atoms with Gasteiger partial charge in [-0.1, -0.05) is 6.92 Å². The van der Waals surface area contributed by atoms with Gasteiger partial charge in [0.25, 0.3) is 0 Å². The highest BCUT2D eigenvalue weighted by molar-refractivity contribution is 5.74. The average molecular weight is 311 g/mol. The number of carbonyl (C=O) groups excluding carboxylic acids is 2. The highest BCUT2D eigenvalue weighted by Crippen LogP contribution is 2.44. The first-order valence-corrected chi connectivity index (χ1v) is 6.53. The third-order valence-electron chi connectivity index (χ3n) is 3.31. The maximum atomic E-state index is 13.0. The Morgan fingerprint density at radius 3 is 2.10 bits per heavy atom. The van der Waals surface area contributed by atoms with E-state index in [1.54, 1.807) is 20.8 Å². The summed E-state index contributed by atoms with van der Waals surface area (Å²) in [5.74, 6) is -1.56. The first-order valence-electron chi connectivity index (χ1n) is 6.53. The van der Waals surface area contributed by atoms with Crippen LogP contribution in [0.1, 0.15) is 34.1 Å². The molecule has 0 radical (unpaired) electrons. The van der Waals surface area contributed by atoms with Gasteiger partial charge in [-0.3, -0.25) is 9.69 Å². The quantitative estimate of drug-likeness (QED) is 0.736. The van der Waals surface area contributed by atoms with Gasteiger partial charge in [0.05, 0.1) is 19.6 Å². The zero-order chi connectivity index (χ0) is 16.6. The predicted molar refractivity (Wildman–Crippen MR) is 67.5 cm³/mol. The van der Waals surface area contributed by atoms with Crippen molar-refractivity contribution in [1.82, 2.24) is 4.90 Å². The molecule has 0 aromatic carbocycles. The Hall–Kier alpha value is -1.47. The SMILES string of the molecule is COC(=O)C[C@@H]1[C@@H](C)[C@H](C(F)(F)F)N1C(=O)OC(C)(C)C. The summed E-state index contributed by atoms with van der Waals surface area (Å²) < 4.78 is 48.5. The number of ether oxygens (including phenoxy) is 2. The second-order valence-electron chi connectivity index (χ2n) is 6.08. The van der Waals surface area contributed by atoms with Crippen molar-refractivity contribution in [3.05, 3.63) is 0 Å². The minimum atomic E-state index is -4.57. The van der Waals surface area contributed by atoms with Crippen molar-refractivity contribution in [2.24, 2.45) is 5.92 Å². The van der Waals surface area contributed by atoms with Crippen LogP contribution in [-0.4, -0.2) is 47.9 Å². The zero-order valence-corrected chi connectivity index (χ0v) is 12.7. The van der Waals surface area contributed by atoms with Crippen molar-refractivity contribution in [3.8, 4) is 0 Å². The molecule has 0 unspecified atom stereocenters. The van der Waals surface area contributed by atoms with Gasteiger partial charge in [-0.15, -0.1) is 0 Å². The maximum absolute atomic E-state index is 13.0. The van der Waals surface area contributed by atoms with Gasteiger partial charge in [-0.25, -0.2) is 4.79 Å². The molecular formula is C13H20F3NO4. The van der Waals surface area contributed by atoms with Gasteiger partial charge < -0.3 is 9.47 Å². The van der Waals surface area contributed by atoms with Crippen LogP contribution < -0.4 is 0 Å². The minimum Gasteiger partial charge on any atom is -0.469 e. The summed E-state index contributed by atoms with van der Waals surface area (Å²) >= 11 is 0. The molecule has 0 aliphatic carbocycles. The van der Waals surface area contributed by atoms with Crippen molar-refractivity contribution in [2.75, 3.05) is 7.11 Å². The Morgan fingerprint density at radius 2 is 1.71 bits per heavy atom. The second-order valence-corrected chi connectivity index (χ2v) is 6.08. The van der Waals surface area contributed by atoms with Crippen molar-refractivity contribution < 1.29 is 32.2 Å². The number of alkyl halides is 3. The summed E-state index contributed by atoms with van der Waals surface area (Å²) in [6.45, 7) is 6.04. The Balaban J connectivity index is 2.94. The number of amides is 1. The third-order valence-corrected chi connectivity index (χ3v) is 3.31. The van der Waals surface area contributed by atoms with E-state index in [1.807, 2.05) is 0 Å². The summed E-state index contributed by atoms with van der Waals surface area (Å²) in [5.41, 5.74) is -0.915. The Morgan fingerprint density at radius 1 is 1.19 bits per heavy atom. The van der Waals surface area contributed by atoms with Crippen molar-refractivity contribution >= 4 is 12.1 Å². The average Bonchev–Trinajstić information content (AvgIpc) is 2.27. The summed E-state index contributed by atoms with van der Waals surface area (Å²) in [4.78, 5) is 23.9. The molecule has 0 N–H and O–H groups in total. The molecule has 8 heteroatoms. The van der Waals surface area contributed by atoms with Crippen molar-refractivity contribution in [2.45, 2.75) is 58.0 Å². The van der Waals surface area contributed by atoms with Crippen LogP contribution in [0.5, 0.6) is 0 Å². The molecule has 1 fully saturated rings. The molecule has 0 aromatic rings. The lowest BCUT2D eigenvalue weighted by Crippen LogP contribution is -2.70. The standard InChI is InChI=1S/C13H20F3NO4/c1-7-8(6-9(18)20-5)17(10(7)13(14,15)16)11(19)21-12(2,3)4/h7-8,10H,6H2,1-5H3/t7-,8-,10-/m1/s1. The normalized spacial score (nSPS) is 26.1. The fourth-order valence-electron chi connectivity index (χ4n) is 2.38. The van der Waals surface area contributed by atoms with Crippen LogP contribution in [0.15, 0.2) is 0 Å². The molecule has 0 aromatic heterocycles. The smallest absolute Gasteiger partial charge is 0.411 e. The number of carbonyl (C=O) groups is 2. The van der Waals surface area contributed by atoms with Crippen LogP contribution in [-0.2, 0) is 14.3 Å². The number of nitrogens with zero attached hydrogens (tertiary/aromatic N) is 1. The molecule has 1 saturated heterocycles. The molecular weight excluding hydrogens is 291 g/mol. The molecule has 1 aliphatic heterocycles. The fraction of sp³-hybridized carbons (Fsp3) is 0.846. The van der Waals surface area contributed by atoms with E-state index in [2.05, 4.69) is 4.74 Å². The maximum Gasteiger partial charge on any atom is 0.411 e. The van der Waals surface area contributed by atoms with Gasteiger partial charge in [0.1, 0.15) is 11.6 Å². The highest BCUT2D eigenvalue weighted by atomic mass is 19.4. The monoisotopic (exact) mass is 311 g/mol. The number of hydrogen-bond donors (Lipinski definition) is 0. The Labute approximate surface area is 121 Å². The fourth-order valence-corrected chi connectivity index (χ4v) is 2.38. The molecule has 1 heterocycles. The van der Waals surface area contributed by atoms with Crippen molar-refractivity contribution in [3.63, 3.8) is 0 Å². The summed E-state index contributed by atoms with van der Waals surface area (Å²) in [6.07, 6.45) is -5.93. The molecule has 0 bridgehead atoms. The summed E-state index contributed by atoms with van der Waals surface area (Å²) in [6, 6.07) is -2.82. The van der Waals surface area contributed by atoms with Gasteiger partial charge in [0, 0.05) is 5.92 Å². The summed E-state index contributed by atoms with van der Waals surface area (Å²) in [7, 11) is 1.14. The summed E-state index contributed by atoms with van der Waals surface area (Å²) in [5, 5.41) is 0. The van der Waals surface area contributed by atoms with Crippen molar-refractivity contribution in [1.29, 1.82) is 0 Å². The topological polar surface area (TPSA) is 55.8 Å². The van der Waals surface area contributed by atoms with E-state index in [0.29, 0.717) is 4.90 Å². The van der Waals surface area contributed by atoms with E-state index in [1.165, 1.54) is 6.92 Å². The number of rotatable bonds is 2. The number of halogens is 3. The minimum absolute atomic E-state index is 0.288. The molecule has 0 saturated carbocycles. The lowest BCUT2D eigenvalue weighted by Gasteiger charge is -2.53. The molecule has 1 rings (SSSR count). The number of likely N-dealkylation sites (tertiary alicyclic amines) is 1. The van der Waals surface area contributed by atoms with E-state index < -0.39 is 41.8 Å². The molecule has 21 heavy (non-hydrogen) atoms. The van der Waals surface area contributed by atoms with Crippen LogP contribution in [0.2, 0.25) is 0 Å². The number of esters is 1. The second kappa shape index (κ2) is 5.73. The van der Waals surface area contributed by atoms with Crippen LogP contribution in [0.3, 0.4) is 0 Å². The van der Waals surface area contributed by atoms with Crippen LogP contribution in [0, 0.1) is 5.92 Å². The van der Waals surface area contributed by atoms with E-state index in [9.17, 15) is 22.8 Å². The Kier molecular flexibility index (Phi) is 4.80. The zero-order valence-electron chi connectivity index (χ0n) is 12.7. The first-order chi connectivity index (χ1) is 9.38. The molecule has 0 spiro atoms. The predicted octanol–water partition coefficient (Wildman–Crippen LogP) is 2.74. The molecule has 122 valence electrons. The van der Waals surface area contributed by atoms with Crippen LogP contribution in [0.25, 0.3) is 0 Å². The van der Waals surface area contributed by atoms with E-state index in [4.69, 9.17) is 4.74 Å². The Bertz CT molecular complexity index is 417. The van der Waals surface area contributed by atoms with Gasteiger partial charge in [-0.2, -0.15) is 13.2 Å². The lowest BCUT2D eigenvalue weighted by molar-refractivity contribution is -0.241. The highest BCUT2D eigenvalue weighted by Gasteiger charge is 2.62. The number of methoxy groups -OCH3 is 1. The number of hydrogen-bond acceptors (Lipinski definition) is 4. The van der Waals surface area contributed by atoms with Gasteiger partial charge in [0.2, 0.25) is 0 Å². The molecule has 1 amide bonds. The van der Waals surface area contributed by atoms with E-state index in [0.717, 1.165) is 7.11 Å². The van der Waals surface area contributed by atoms with Crippen LogP contribution in [0.4, 0.5) is 18.0 Å². The first kappa shape index (κ1) is 17.6. The lowest BCUT2D eigenvalue weighted by atomic mass is 9.79. The third kappa shape index (κ3) is 4.01. The van der Waals surface area contributed by atoms with Gasteiger partial charge >= 0.3 is 18.2 Å².